The second kappa shape index (κ2) is 4.63. The van der Waals surface area contributed by atoms with Crippen LogP contribution in [0.1, 0.15) is 11.5 Å². The van der Waals surface area contributed by atoms with Gasteiger partial charge in [-0.25, -0.2) is 4.79 Å². The van der Waals surface area contributed by atoms with Gasteiger partial charge in [-0.2, -0.15) is 0 Å². The molecule has 0 radical (unpaired) electrons. The lowest BCUT2D eigenvalue weighted by Crippen LogP contribution is -2.09. The number of rotatable bonds is 3. The van der Waals surface area contributed by atoms with Gasteiger partial charge in [0.25, 0.3) is 0 Å². The predicted molar refractivity (Wildman–Crippen MR) is 54.9 cm³/mol. The van der Waals surface area contributed by atoms with E-state index in [9.17, 15) is 4.79 Å². The van der Waals surface area contributed by atoms with Crippen LogP contribution in [0.3, 0.4) is 0 Å². The van der Waals surface area contributed by atoms with Gasteiger partial charge in [0.2, 0.25) is 0 Å². The maximum atomic E-state index is 11.5. The molecule has 0 amide bonds. The maximum absolute atomic E-state index is 11.5. The number of hydrogen-bond donors (Lipinski definition) is 0. The SMILES string of the molecule is COC(=O)/C(=C\N(C)C)c1cc(C)no1. The highest BCUT2D eigenvalue weighted by molar-refractivity contribution is 6.15. The normalized spacial score (nSPS) is 11.3. The van der Waals surface area contributed by atoms with Gasteiger partial charge >= 0.3 is 5.97 Å². The molecule has 82 valence electrons. The molecule has 0 bridgehead atoms. The molecule has 0 atom stereocenters. The van der Waals surface area contributed by atoms with Gasteiger partial charge in [0, 0.05) is 26.4 Å². The number of aryl methyl sites for hydroxylation is 1. The summed E-state index contributed by atoms with van der Waals surface area (Å²) in [4.78, 5) is 13.2. The molecule has 0 aliphatic carbocycles. The molecule has 1 aromatic heterocycles. The van der Waals surface area contributed by atoms with Crippen molar-refractivity contribution in [3.05, 3.63) is 23.7 Å². The van der Waals surface area contributed by atoms with Gasteiger partial charge < -0.3 is 14.2 Å². The summed E-state index contributed by atoms with van der Waals surface area (Å²) in [5.41, 5.74) is 1.07. The molecule has 15 heavy (non-hydrogen) atoms. The van der Waals surface area contributed by atoms with Crippen LogP contribution in [0.5, 0.6) is 0 Å². The Morgan fingerprint density at radius 1 is 1.60 bits per heavy atom. The first kappa shape index (κ1) is 11.3. The molecule has 5 heteroatoms. The van der Waals surface area contributed by atoms with Crippen LogP contribution >= 0.6 is 0 Å². The van der Waals surface area contributed by atoms with Crippen LogP contribution < -0.4 is 0 Å². The molecule has 0 aromatic carbocycles. The minimum absolute atomic E-state index is 0.350. The third-order valence-corrected chi connectivity index (χ3v) is 1.69. The lowest BCUT2D eigenvalue weighted by molar-refractivity contribution is -0.133. The molecule has 5 nitrogen and oxygen atoms in total. The van der Waals surface area contributed by atoms with Crippen LogP contribution in [0, 0.1) is 6.92 Å². The zero-order valence-corrected chi connectivity index (χ0v) is 9.27. The molecule has 0 unspecified atom stereocenters. The van der Waals surface area contributed by atoms with Crippen molar-refractivity contribution in [3.8, 4) is 0 Å². The summed E-state index contributed by atoms with van der Waals surface area (Å²) in [6, 6.07) is 1.69. The fourth-order valence-corrected chi connectivity index (χ4v) is 1.08. The summed E-state index contributed by atoms with van der Waals surface area (Å²) in [5, 5.41) is 3.72. The lowest BCUT2D eigenvalue weighted by atomic mass is 10.2. The minimum atomic E-state index is -0.445. The van der Waals surface area contributed by atoms with E-state index in [1.165, 1.54) is 7.11 Å². The summed E-state index contributed by atoms with van der Waals surface area (Å²) in [7, 11) is 4.95. The van der Waals surface area contributed by atoms with Gasteiger partial charge in [-0.05, 0) is 6.92 Å². The number of methoxy groups -OCH3 is 1. The van der Waals surface area contributed by atoms with E-state index in [0.717, 1.165) is 5.69 Å². The zero-order chi connectivity index (χ0) is 11.4. The first-order chi connectivity index (χ1) is 7.04. The van der Waals surface area contributed by atoms with Crippen LogP contribution in [-0.2, 0) is 9.53 Å². The standard InChI is InChI=1S/C10H14N2O3/c1-7-5-9(15-11-7)8(6-12(2)3)10(13)14-4/h5-6H,1-4H3/b8-6-. The topological polar surface area (TPSA) is 55.6 Å². The molecule has 0 aliphatic rings. The molecule has 0 aliphatic heterocycles. The summed E-state index contributed by atoms with van der Waals surface area (Å²) in [6.45, 7) is 1.79. The van der Waals surface area contributed by atoms with E-state index in [-0.39, 0.29) is 0 Å². The summed E-state index contributed by atoms with van der Waals surface area (Å²) in [6.07, 6.45) is 1.63. The highest BCUT2D eigenvalue weighted by atomic mass is 16.5. The molecule has 0 saturated carbocycles. The van der Waals surface area contributed by atoms with Crippen molar-refractivity contribution >= 4 is 11.5 Å². The van der Waals surface area contributed by atoms with Gasteiger partial charge in [0.15, 0.2) is 5.76 Å². The Morgan fingerprint density at radius 3 is 2.67 bits per heavy atom. The molecular weight excluding hydrogens is 196 g/mol. The van der Waals surface area contributed by atoms with Crippen molar-refractivity contribution < 1.29 is 14.1 Å². The van der Waals surface area contributed by atoms with E-state index in [1.807, 2.05) is 14.1 Å². The number of hydrogen-bond acceptors (Lipinski definition) is 5. The smallest absolute Gasteiger partial charge is 0.343 e. The van der Waals surface area contributed by atoms with Crippen molar-refractivity contribution in [1.82, 2.24) is 10.1 Å². The monoisotopic (exact) mass is 210 g/mol. The number of esters is 1. The Bertz CT molecular complexity index is 380. The van der Waals surface area contributed by atoms with Crippen LogP contribution in [0.2, 0.25) is 0 Å². The van der Waals surface area contributed by atoms with Gasteiger partial charge in [0.1, 0.15) is 5.57 Å². The minimum Gasteiger partial charge on any atom is -0.465 e. The molecule has 1 heterocycles. The van der Waals surface area contributed by atoms with E-state index in [1.54, 1.807) is 24.1 Å². The van der Waals surface area contributed by atoms with Crippen LogP contribution in [-0.4, -0.2) is 37.2 Å². The molecule has 0 N–H and O–H groups in total. The van der Waals surface area contributed by atoms with Crippen LogP contribution in [0.25, 0.3) is 5.57 Å². The average molecular weight is 210 g/mol. The Morgan fingerprint density at radius 2 is 2.27 bits per heavy atom. The van der Waals surface area contributed by atoms with E-state index in [4.69, 9.17) is 4.52 Å². The van der Waals surface area contributed by atoms with E-state index >= 15 is 0 Å². The van der Waals surface area contributed by atoms with E-state index in [2.05, 4.69) is 9.89 Å². The second-order valence-corrected chi connectivity index (χ2v) is 3.33. The zero-order valence-electron chi connectivity index (χ0n) is 9.27. The largest absolute Gasteiger partial charge is 0.465 e. The fraction of sp³-hybridized carbons (Fsp3) is 0.400. The highest BCUT2D eigenvalue weighted by Crippen LogP contribution is 2.17. The first-order valence-corrected chi connectivity index (χ1v) is 4.45. The second-order valence-electron chi connectivity index (χ2n) is 3.33. The van der Waals surface area contributed by atoms with Crippen molar-refractivity contribution in [2.24, 2.45) is 0 Å². The summed E-state index contributed by atoms with van der Waals surface area (Å²) in [5.74, 6) is -0.0344. The van der Waals surface area contributed by atoms with E-state index in [0.29, 0.717) is 11.3 Å². The fourth-order valence-electron chi connectivity index (χ4n) is 1.08. The third kappa shape index (κ3) is 2.83. The van der Waals surface area contributed by atoms with Crippen LogP contribution in [0.4, 0.5) is 0 Å². The Balaban J connectivity index is 3.07. The molecular formula is C10H14N2O3. The Kier molecular flexibility index (Phi) is 3.49. The summed E-state index contributed by atoms with van der Waals surface area (Å²) >= 11 is 0. The van der Waals surface area contributed by atoms with Crippen molar-refractivity contribution in [2.75, 3.05) is 21.2 Å². The number of carbonyl (C=O) groups excluding carboxylic acids is 1. The predicted octanol–water partition coefficient (Wildman–Crippen LogP) is 1.06. The quantitative estimate of drug-likeness (QED) is 0.551. The van der Waals surface area contributed by atoms with Gasteiger partial charge in [0.05, 0.1) is 12.8 Å². The molecule has 1 aromatic rings. The van der Waals surface area contributed by atoms with Gasteiger partial charge in [-0.15, -0.1) is 0 Å². The Hall–Kier alpha value is -1.78. The average Bonchev–Trinajstić information content (AvgIpc) is 2.59. The molecule has 1 rings (SSSR count). The first-order valence-electron chi connectivity index (χ1n) is 4.45. The summed E-state index contributed by atoms with van der Waals surface area (Å²) < 4.78 is 9.66. The van der Waals surface area contributed by atoms with Gasteiger partial charge in [-0.3, -0.25) is 0 Å². The lowest BCUT2D eigenvalue weighted by Gasteiger charge is -2.07. The Labute approximate surface area is 88.3 Å². The molecule has 0 spiro atoms. The highest BCUT2D eigenvalue weighted by Gasteiger charge is 2.17. The molecule has 0 fully saturated rings. The number of aromatic nitrogens is 1. The van der Waals surface area contributed by atoms with Crippen molar-refractivity contribution in [2.45, 2.75) is 6.92 Å². The van der Waals surface area contributed by atoms with Crippen molar-refractivity contribution in [1.29, 1.82) is 0 Å². The van der Waals surface area contributed by atoms with Crippen LogP contribution in [0.15, 0.2) is 16.8 Å². The number of carbonyl (C=O) groups is 1. The third-order valence-electron chi connectivity index (χ3n) is 1.69. The maximum Gasteiger partial charge on any atom is 0.343 e. The van der Waals surface area contributed by atoms with E-state index < -0.39 is 5.97 Å². The number of ether oxygens (including phenoxy) is 1. The molecule has 0 saturated heterocycles. The van der Waals surface area contributed by atoms with Crippen molar-refractivity contribution in [3.63, 3.8) is 0 Å². The van der Waals surface area contributed by atoms with Gasteiger partial charge in [-0.1, -0.05) is 5.16 Å². The number of nitrogens with zero attached hydrogens (tertiary/aromatic N) is 2.